The molecule has 1 aromatic carbocycles. The molecular formula is C18H18ClN3O5. The smallest absolute Gasteiger partial charge is 0.422 e. The van der Waals surface area contributed by atoms with E-state index in [0.29, 0.717) is 4.90 Å². The number of likely N-dealkylation sites (tertiary alicyclic amines) is 1. The van der Waals surface area contributed by atoms with Crippen molar-refractivity contribution in [2.75, 3.05) is 0 Å². The third kappa shape index (κ3) is 3.21. The summed E-state index contributed by atoms with van der Waals surface area (Å²) in [6.07, 6.45) is -1.05. The van der Waals surface area contributed by atoms with Crippen LogP contribution in [-0.2, 0) is 9.53 Å². The summed E-state index contributed by atoms with van der Waals surface area (Å²) >= 11 is 6.05. The van der Waals surface area contributed by atoms with Crippen LogP contribution >= 0.6 is 11.6 Å². The highest BCUT2D eigenvalue weighted by molar-refractivity contribution is 6.37. The Labute approximate surface area is 160 Å². The zero-order valence-electron chi connectivity index (χ0n) is 15.0. The Hall–Kier alpha value is -2.74. The molecule has 2 aliphatic rings. The molecule has 1 atom stereocenters. The summed E-state index contributed by atoms with van der Waals surface area (Å²) in [4.78, 5) is 51.5. The van der Waals surface area contributed by atoms with Gasteiger partial charge in [-0.05, 0) is 39.3 Å². The molecule has 0 aliphatic carbocycles. The molecule has 142 valence electrons. The van der Waals surface area contributed by atoms with Gasteiger partial charge in [-0.1, -0.05) is 17.7 Å². The van der Waals surface area contributed by atoms with Crippen molar-refractivity contribution in [2.45, 2.75) is 45.3 Å². The summed E-state index contributed by atoms with van der Waals surface area (Å²) in [6, 6.07) is 3.47. The van der Waals surface area contributed by atoms with Crippen molar-refractivity contribution in [3.05, 3.63) is 34.3 Å². The van der Waals surface area contributed by atoms with Crippen LogP contribution in [0.5, 0.6) is 0 Å². The summed E-state index contributed by atoms with van der Waals surface area (Å²) in [7, 11) is 0. The van der Waals surface area contributed by atoms with Gasteiger partial charge in [0.25, 0.3) is 11.8 Å². The van der Waals surface area contributed by atoms with Crippen molar-refractivity contribution < 1.29 is 23.9 Å². The number of amides is 4. The SMILES string of the molecule is CC(C)(C)OC(=O)N1C(=N)C(N2C(=O)c3cccc(Cl)c3C2=O)CCC1=O. The maximum atomic E-state index is 12.8. The van der Waals surface area contributed by atoms with Crippen LogP contribution in [0.1, 0.15) is 54.3 Å². The predicted octanol–water partition coefficient (Wildman–Crippen LogP) is 2.84. The summed E-state index contributed by atoms with van der Waals surface area (Å²) in [5, 5.41) is 8.44. The Morgan fingerprint density at radius 1 is 1.22 bits per heavy atom. The van der Waals surface area contributed by atoms with Gasteiger partial charge >= 0.3 is 6.09 Å². The molecule has 1 N–H and O–H groups in total. The lowest BCUT2D eigenvalue weighted by Crippen LogP contribution is -2.58. The Morgan fingerprint density at radius 2 is 1.89 bits per heavy atom. The molecule has 27 heavy (non-hydrogen) atoms. The van der Waals surface area contributed by atoms with Gasteiger partial charge in [0.15, 0.2) is 0 Å². The minimum absolute atomic E-state index is 0.0556. The van der Waals surface area contributed by atoms with Crippen molar-refractivity contribution >= 4 is 41.3 Å². The first kappa shape index (κ1) is 19.0. The summed E-state index contributed by atoms with van der Waals surface area (Å²) < 4.78 is 5.18. The van der Waals surface area contributed by atoms with Crippen molar-refractivity contribution in [1.82, 2.24) is 9.80 Å². The number of carbonyl (C=O) groups excluding carboxylic acids is 4. The molecule has 1 aromatic rings. The molecule has 0 bridgehead atoms. The minimum Gasteiger partial charge on any atom is -0.443 e. The van der Waals surface area contributed by atoms with Gasteiger partial charge in [0.05, 0.1) is 22.2 Å². The van der Waals surface area contributed by atoms with Crippen LogP contribution in [0.15, 0.2) is 18.2 Å². The molecular weight excluding hydrogens is 374 g/mol. The highest BCUT2D eigenvalue weighted by Crippen LogP contribution is 2.33. The maximum absolute atomic E-state index is 12.8. The first-order chi connectivity index (χ1) is 12.5. The van der Waals surface area contributed by atoms with Crippen molar-refractivity contribution in [3.63, 3.8) is 0 Å². The highest BCUT2D eigenvalue weighted by atomic mass is 35.5. The lowest BCUT2D eigenvalue weighted by Gasteiger charge is -2.36. The van der Waals surface area contributed by atoms with Crippen molar-refractivity contribution in [3.8, 4) is 0 Å². The van der Waals surface area contributed by atoms with Crippen molar-refractivity contribution in [2.24, 2.45) is 0 Å². The van der Waals surface area contributed by atoms with E-state index in [1.165, 1.54) is 12.1 Å². The van der Waals surface area contributed by atoms with Gasteiger partial charge in [0.2, 0.25) is 5.91 Å². The van der Waals surface area contributed by atoms with E-state index in [-0.39, 0.29) is 29.0 Å². The molecule has 1 unspecified atom stereocenters. The average Bonchev–Trinajstić information content (AvgIpc) is 2.79. The zero-order chi connectivity index (χ0) is 20.1. The van der Waals surface area contributed by atoms with E-state index in [0.717, 1.165) is 4.90 Å². The van der Waals surface area contributed by atoms with E-state index >= 15 is 0 Å². The van der Waals surface area contributed by atoms with Crippen LogP contribution in [0.4, 0.5) is 4.79 Å². The van der Waals surface area contributed by atoms with Gasteiger partial charge < -0.3 is 4.74 Å². The van der Waals surface area contributed by atoms with Crippen LogP contribution in [0.2, 0.25) is 5.02 Å². The zero-order valence-corrected chi connectivity index (χ0v) is 15.8. The molecule has 0 aromatic heterocycles. The molecule has 2 heterocycles. The normalized spacial score (nSPS) is 20.2. The van der Waals surface area contributed by atoms with Crippen LogP contribution in [0.25, 0.3) is 0 Å². The maximum Gasteiger partial charge on any atom is 0.422 e. The second-order valence-electron chi connectivity index (χ2n) is 7.29. The number of nitrogens with zero attached hydrogens (tertiary/aromatic N) is 2. The first-order valence-electron chi connectivity index (χ1n) is 8.33. The minimum atomic E-state index is -1.06. The fourth-order valence-corrected chi connectivity index (χ4v) is 3.35. The average molecular weight is 392 g/mol. The van der Waals surface area contributed by atoms with Gasteiger partial charge in [-0.3, -0.25) is 24.7 Å². The largest absolute Gasteiger partial charge is 0.443 e. The predicted molar refractivity (Wildman–Crippen MR) is 95.8 cm³/mol. The number of amidine groups is 1. The lowest BCUT2D eigenvalue weighted by molar-refractivity contribution is -0.128. The second-order valence-corrected chi connectivity index (χ2v) is 7.70. The van der Waals surface area contributed by atoms with Gasteiger partial charge in [-0.15, -0.1) is 0 Å². The van der Waals surface area contributed by atoms with E-state index in [2.05, 4.69) is 0 Å². The molecule has 0 saturated carbocycles. The summed E-state index contributed by atoms with van der Waals surface area (Å²) in [5.74, 6) is -2.33. The third-order valence-corrected chi connectivity index (χ3v) is 4.54. The van der Waals surface area contributed by atoms with Gasteiger partial charge in [-0.2, -0.15) is 0 Å². The molecule has 8 nitrogen and oxygen atoms in total. The molecule has 1 fully saturated rings. The topological polar surface area (TPSA) is 108 Å². The number of nitrogens with one attached hydrogen (secondary N) is 1. The molecule has 9 heteroatoms. The highest BCUT2D eigenvalue weighted by Gasteiger charge is 2.48. The van der Waals surface area contributed by atoms with Gasteiger partial charge in [-0.25, -0.2) is 9.69 Å². The lowest BCUT2D eigenvalue weighted by atomic mass is 10.0. The van der Waals surface area contributed by atoms with Crippen LogP contribution in [-0.4, -0.2) is 51.1 Å². The number of piperidine rings is 1. The Morgan fingerprint density at radius 3 is 2.48 bits per heavy atom. The number of hydrogen-bond donors (Lipinski definition) is 1. The van der Waals surface area contributed by atoms with Gasteiger partial charge in [0, 0.05) is 6.42 Å². The molecule has 0 spiro atoms. The first-order valence-corrected chi connectivity index (χ1v) is 8.71. The number of hydrogen-bond acceptors (Lipinski definition) is 6. The fourth-order valence-electron chi connectivity index (χ4n) is 3.10. The van der Waals surface area contributed by atoms with E-state index < -0.39 is 41.3 Å². The number of benzene rings is 1. The number of halogens is 1. The third-order valence-electron chi connectivity index (χ3n) is 4.22. The second kappa shape index (κ2) is 6.45. The Kier molecular flexibility index (Phi) is 4.55. The van der Waals surface area contributed by atoms with E-state index in [1.54, 1.807) is 26.8 Å². The number of ether oxygens (including phenoxy) is 1. The number of fused-ring (bicyclic) bond motifs is 1. The summed E-state index contributed by atoms with van der Waals surface area (Å²) in [5.41, 5.74) is -0.660. The quantitative estimate of drug-likeness (QED) is 0.740. The van der Waals surface area contributed by atoms with Crippen LogP contribution < -0.4 is 0 Å². The number of rotatable bonds is 1. The molecule has 0 radical (unpaired) electrons. The van der Waals surface area contributed by atoms with Crippen LogP contribution in [0.3, 0.4) is 0 Å². The summed E-state index contributed by atoms with van der Waals surface area (Å²) in [6.45, 7) is 4.89. The Balaban J connectivity index is 1.92. The molecule has 2 aliphatic heterocycles. The van der Waals surface area contributed by atoms with Crippen LogP contribution in [0, 0.1) is 5.41 Å². The van der Waals surface area contributed by atoms with E-state index in [1.807, 2.05) is 0 Å². The monoisotopic (exact) mass is 391 g/mol. The van der Waals surface area contributed by atoms with E-state index in [4.69, 9.17) is 21.7 Å². The van der Waals surface area contributed by atoms with E-state index in [9.17, 15) is 19.2 Å². The Bertz CT molecular complexity index is 889. The fraction of sp³-hybridized carbons (Fsp3) is 0.389. The number of imide groups is 2. The molecule has 3 rings (SSSR count). The standard InChI is InChI=1S/C18H18ClN3O5/c1-18(2,3)27-17(26)22-12(23)8-7-11(14(22)20)21-15(24)9-5-4-6-10(19)13(9)16(21)25/h4-6,11,20H,7-8H2,1-3H3. The molecule has 4 amide bonds. The van der Waals surface area contributed by atoms with Crippen molar-refractivity contribution in [1.29, 1.82) is 5.41 Å². The molecule has 1 saturated heterocycles. The van der Waals surface area contributed by atoms with Gasteiger partial charge in [0.1, 0.15) is 11.4 Å². The number of carbonyl (C=O) groups is 4.